The van der Waals surface area contributed by atoms with Gasteiger partial charge in [0.2, 0.25) is 15.0 Å². The first-order chi connectivity index (χ1) is 17.2. The molecule has 2 aromatic rings. The zero-order chi connectivity index (χ0) is 25.7. The van der Waals surface area contributed by atoms with Gasteiger partial charge in [-0.15, -0.1) is 0 Å². The Balaban J connectivity index is 1.64. The summed E-state index contributed by atoms with van der Waals surface area (Å²) in [5.74, 6) is -1.08. The highest BCUT2D eigenvalue weighted by Gasteiger charge is 2.30. The number of ether oxygens (including phenoxy) is 2. The molecule has 2 amide bonds. The van der Waals surface area contributed by atoms with Crippen LogP contribution in [0.15, 0.2) is 35.6 Å². The number of imidazole rings is 1. The lowest BCUT2D eigenvalue weighted by atomic mass is 10.2. The van der Waals surface area contributed by atoms with Gasteiger partial charge in [-0.25, -0.2) is 22.6 Å². The smallest absolute Gasteiger partial charge is 0.318 e. The van der Waals surface area contributed by atoms with Gasteiger partial charge < -0.3 is 24.3 Å². The van der Waals surface area contributed by atoms with Crippen molar-refractivity contribution in [3.63, 3.8) is 0 Å². The number of aromatic nitrogens is 2. The number of hydrogen-bond donors (Lipinski definition) is 1. The van der Waals surface area contributed by atoms with Crippen molar-refractivity contribution in [3.8, 4) is 0 Å². The predicted octanol–water partition coefficient (Wildman–Crippen LogP) is 3.27. The average Bonchev–Trinajstić information content (AvgIpc) is 3.58. The standard InChI is InChI=1S/C25H35FN4O5S/c1-18(2)28-24(31)29(15-21-8-5-11-34-21)14-20-13-27-25(30(20)16-22-9-6-12-35-22)36(32,33)17-19-7-3-4-10-23(19)26/h3-4,7,10,13,18,21-22H,5-6,8-9,11-12,14-17H2,1-2H3,(H,28,31)/t21-,22-/m0/s1. The van der Waals surface area contributed by atoms with Crippen LogP contribution in [0.25, 0.3) is 0 Å². The number of nitrogens with zero attached hydrogens (tertiary/aromatic N) is 3. The second-order valence-electron chi connectivity index (χ2n) is 9.75. The fraction of sp³-hybridized carbons (Fsp3) is 0.600. The minimum absolute atomic E-state index is 0.0574. The van der Waals surface area contributed by atoms with Crippen LogP contribution in [0.1, 0.15) is 50.8 Å². The molecular weight excluding hydrogens is 487 g/mol. The maximum absolute atomic E-state index is 14.3. The monoisotopic (exact) mass is 522 g/mol. The molecule has 9 nitrogen and oxygen atoms in total. The molecule has 2 fully saturated rings. The van der Waals surface area contributed by atoms with Crippen molar-refractivity contribution in [2.75, 3.05) is 19.8 Å². The summed E-state index contributed by atoms with van der Waals surface area (Å²) in [5, 5.41) is 2.78. The quantitative estimate of drug-likeness (QED) is 0.514. The second kappa shape index (κ2) is 11.7. The summed E-state index contributed by atoms with van der Waals surface area (Å²) in [6.07, 6.45) is 4.78. The maximum Gasteiger partial charge on any atom is 0.318 e. The zero-order valence-electron chi connectivity index (χ0n) is 20.9. The van der Waals surface area contributed by atoms with Crippen LogP contribution in [0.2, 0.25) is 0 Å². The van der Waals surface area contributed by atoms with E-state index in [0.29, 0.717) is 32.0 Å². The molecule has 0 spiro atoms. The Bertz CT molecular complexity index is 1140. The van der Waals surface area contributed by atoms with Crippen molar-refractivity contribution in [1.29, 1.82) is 0 Å². The number of carbonyl (C=O) groups is 1. The third-order valence-corrected chi connectivity index (χ3v) is 7.97. The van der Waals surface area contributed by atoms with Gasteiger partial charge in [0.25, 0.3) is 0 Å². The Hall–Kier alpha value is -2.50. The Morgan fingerprint density at radius 2 is 1.89 bits per heavy atom. The number of nitrogens with one attached hydrogen (secondary N) is 1. The minimum Gasteiger partial charge on any atom is -0.376 e. The number of carbonyl (C=O) groups excluding carboxylic acids is 1. The summed E-state index contributed by atoms with van der Waals surface area (Å²) in [4.78, 5) is 18.9. The van der Waals surface area contributed by atoms with Crippen LogP contribution in [0.4, 0.5) is 9.18 Å². The molecule has 36 heavy (non-hydrogen) atoms. The van der Waals surface area contributed by atoms with Crippen molar-refractivity contribution in [1.82, 2.24) is 19.8 Å². The van der Waals surface area contributed by atoms with Crippen molar-refractivity contribution >= 4 is 15.9 Å². The number of amides is 2. The average molecular weight is 523 g/mol. The number of sulfone groups is 1. The number of benzene rings is 1. The Labute approximate surface area is 211 Å². The first-order valence-corrected chi connectivity index (χ1v) is 14.2. The molecule has 1 aromatic carbocycles. The van der Waals surface area contributed by atoms with Crippen LogP contribution < -0.4 is 5.32 Å². The molecule has 11 heteroatoms. The van der Waals surface area contributed by atoms with Crippen LogP contribution in [0.3, 0.4) is 0 Å². The number of urea groups is 1. The summed E-state index contributed by atoms with van der Waals surface area (Å²) >= 11 is 0. The van der Waals surface area contributed by atoms with Crippen molar-refractivity contribution < 1.29 is 27.1 Å². The molecule has 0 saturated carbocycles. The summed E-state index contributed by atoms with van der Waals surface area (Å²) in [5.41, 5.74) is 0.663. The maximum atomic E-state index is 14.3. The highest BCUT2D eigenvalue weighted by molar-refractivity contribution is 7.90. The van der Waals surface area contributed by atoms with Gasteiger partial charge in [-0.3, -0.25) is 0 Å². The van der Waals surface area contributed by atoms with Gasteiger partial charge in [0.15, 0.2) is 0 Å². The fourth-order valence-electron chi connectivity index (χ4n) is 4.63. The van der Waals surface area contributed by atoms with E-state index >= 15 is 0 Å². The molecule has 2 aliphatic heterocycles. The van der Waals surface area contributed by atoms with E-state index in [-0.39, 0.29) is 41.5 Å². The van der Waals surface area contributed by atoms with E-state index in [1.807, 2.05) is 13.8 Å². The summed E-state index contributed by atoms with van der Waals surface area (Å²) < 4.78 is 54.2. The van der Waals surface area contributed by atoms with Gasteiger partial charge in [-0.1, -0.05) is 18.2 Å². The number of rotatable bonds is 10. The normalized spacial score (nSPS) is 20.2. The lowest BCUT2D eigenvalue weighted by molar-refractivity contribution is 0.0768. The Morgan fingerprint density at radius 3 is 2.53 bits per heavy atom. The lowest BCUT2D eigenvalue weighted by Crippen LogP contribution is -2.46. The predicted molar refractivity (Wildman–Crippen MR) is 132 cm³/mol. The van der Waals surface area contributed by atoms with Crippen molar-refractivity contribution in [2.45, 2.75) is 81.8 Å². The first-order valence-electron chi connectivity index (χ1n) is 12.5. The lowest BCUT2D eigenvalue weighted by Gasteiger charge is -2.27. The molecular formula is C25H35FN4O5S. The van der Waals surface area contributed by atoms with Crippen LogP contribution >= 0.6 is 0 Å². The van der Waals surface area contributed by atoms with E-state index < -0.39 is 21.4 Å². The molecule has 198 valence electrons. The SMILES string of the molecule is CC(C)NC(=O)N(Cc1cnc(S(=O)(=O)Cc2ccccc2F)n1C[C@@H]1CCCO1)C[C@@H]1CCCO1. The summed E-state index contributed by atoms with van der Waals surface area (Å²) in [6.45, 7) is 5.90. The van der Waals surface area contributed by atoms with Gasteiger partial charge in [0.1, 0.15) is 5.82 Å². The summed E-state index contributed by atoms with van der Waals surface area (Å²) in [6, 6.07) is 5.52. The Morgan fingerprint density at radius 1 is 1.19 bits per heavy atom. The van der Waals surface area contributed by atoms with E-state index in [4.69, 9.17) is 9.47 Å². The van der Waals surface area contributed by atoms with Gasteiger partial charge in [-0.2, -0.15) is 0 Å². The minimum atomic E-state index is -3.97. The van der Waals surface area contributed by atoms with E-state index in [1.54, 1.807) is 15.5 Å². The van der Waals surface area contributed by atoms with Crippen LogP contribution in [0, 0.1) is 5.82 Å². The third-order valence-electron chi connectivity index (χ3n) is 6.39. The molecule has 4 rings (SSSR count). The highest BCUT2D eigenvalue weighted by Crippen LogP contribution is 2.24. The second-order valence-corrected chi connectivity index (χ2v) is 11.6. The van der Waals surface area contributed by atoms with Crippen molar-refractivity contribution in [3.05, 3.63) is 47.5 Å². The van der Waals surface area contributed by atoms with Gasteiger partial charge in [0, 0.05) is 31.4 Å². The van der Waals surface area contributed by atoms with E-state index in [0.717, 1.165) is 25.7 Å². The van der Waals surface area contributed by atoms with Gasteiger partial charge in [-0.05, 0) is 45.6 Å². The molecule has 0 unspecified atom stereocenters. The van der Waals surface area contributed by atoms with Crippen molar-refractivity contribution in [2.24, 2.45) is 0 Å². The fourth-order valence-corrected chi connectivity index (χ4v) is 6.14. The molecule has 2 aliphatic rings. The zero-order valence-corrected chi connectivity index (χ0v) is 21.7. The molecule has 1 aromatic heterocycles. The van der Waals surface area contributed by atoms with Gasteiger partial charge >= 0.3 is 6.03 Å². The molecule has 3 heterocycles. The third kappa shape index (κ3) is 6.63. The van der Waals surface area contributed by atoms with Crippen LogP contribution in [0.5, 0.6) is 0 Å². The first kappa shape index (κ1) is 26.6. The molecule has 0 aliphatic carbocycles. The largest absolute Gasteiger partial charge is 0.376 e. The van der Waals surface area contributed by atoms with E-state index in [9.17, 15) is 17.6 Å². The number of halogens is 1. The topological polar surface area (TPSA) is 103 Å². The number of hydrogen-bond acceptors (Lipinski definition) is 6. The molecule has 1 N–H and O–H groups in total. The molecule has 2 atom stereocenters. The van der Waals surface area contributed by atoms with E-state index in [2.05, 4.69) is 10.3 Å². The Kier molecular flexibility index (Phi) is 8.63. The van der Waals surface area contributed by atoms with Crippen LogP contribution in [-0.4, -0.2) is 66.9 Å². The molecule has 2 saturated heterocycles. The van der Waals surface area contributed by atoms with E-state index in [1.165, 1.54) is 24.4 Å². The highest BCUT2D eigenvalue weighted by atomic mass is 32.2. The molecule has 0 radical (unpaired) electrons. The van der Waals surface area contributed by atoms with Crippen LogP contribution in [-0.2, 0) is 38.2 Å². The summed E-state index contributed by atoms with van der Waals surface area (Å²) in [7, 11) is -3.97. The van der Waals surface area contributed by atoms with Gasteiger partial charge in [0.05, 0.1) is 42.9 Å². The molecule has 0 bridgehead atoms.